The third-order valence-electron chi connectivity index (χ3n) is 4.06. The number of halogens is 3. The van der Waals surface area contributed by atoms with Crippen molar-refractivity contribution in [2.45, 2.75) is 12.7 Å². The first-order valence-corrected chi connectivity index (χ1v) is 8.90. The molecule has 1 heterocycles. The fourth-order valence-electron chi connectivity index (χ4n) is 2.53. The number of rotatable bonds is 6. The van der Waals surface area contributed by atoms with Gasteiger partial charge in [-0.05, 0) is 42.0 Å². The standard InChI is InChI=1S/C20H19F3N2O5/c1-27-8-9-28-19(24-11-13-2-7-16-17(10-13)30-12-29-16)25-18(26)14-3-5-15(6-4-14)20(21,22)23/h2-7,10H,8-9,11-12H2,1H3,(H,24,25,26). The van der Waals surface area contributed by atoms with Crippen molar-refractivity contribution < 1.29 is 36.9 Å². The topological polar surface area (TPSA) is 78.4 Å². The number of ether oxygens (including phenoxy) is 4. The number of hydrogen-bond donors (Lipinski definition) is 1. The summed E-state index contributed by atoms with van der Waals surface area (Å²) in [5, 5.41) is 2.47. The van der Waals surface area contributed by atoms with Crippen LogP contribution in [-0.4, -0.2) is 39.0 Å². The molecule has 1 amide bonds. The van der Waals surface area contributed by atoms with Crippen molar-refractivity contribution in [2.75, 3.05) is 27.1 Å². The summed E-state index contributed by atoms with van der Waals surface area (Å²) < 4.78 is 58.9. The van der Waals surface area contributed by atoms with Gasteiger partial charge in [-0.25, -0.2) is 4.99 Å². The molecule has 2 aromatic rings. The molecule has 10 heteroatoms. The van der Waals surface area contributed by atoms with Crippen molar-refractivity contribution in [2.24, 2.45) is 4.99 Å². The van der Waals surface area contributed by atoms with Gasteiger partial charge in [-0.3, -0.25) is 10.1 Å². The predicted octanol–water partition coefficient (Wildman–Crippen LogP) is 3.38. The first kappa shape index (κ1) is 21.4. The van der Waals surface area contributed by atoms with E-state index in [0.717, 1.165) is 29.8 Å². The van der Waals surface area contributed by atoms with Gasteiger partial charge in [0.05, 0.1) is 18.7 Å². The molecule has 0 radical (unpaired) electrons. The van der Waals surface area contributed by atoms with Crippen LogP contribution < -0.4 is 14.8 Å². The molecular formula is C20H19F3N2O5. The summed E-state index contributed by atoms with van der Waals surface area (Å²) in [5.74, 6) is 0.582. The van der Waals surface area contributed by atoms with Gasteiger partial charge in [0.1, 0.15) is 6.61 Å². The first-order chi connectivity index (χ1) is 14.4. The molecule has 30 heavy (non-hydrogen) atoms. The van der Waals surface area contributed by atoms with Gasteiger partial charge in [0.15, 0.2) is 11.5 Å². The molecule has 0 saturated heterocycles. The lowest BCUT2D eigenvalue weighted by atomic mass is 10.1. The highest BCUT2D eigenvalue weighted by atomic mass is 19.4. The smallest absolute Gasteiger partial charge is 0.416 e. The molecule has 0 fully saturated rings. The Bertz CT molecular complexity index is 914. The minimum absolute atomic E-state index is 0.0362. The van der Waals surface area contributed by atoms with Crippen LogP contribution in [0.15, 0.2) is 47.5 Å². The van der Waals surface area contributed by atoms with E-state index in [2.05, 4.69) is 10.3 Å². The normalized spacial score (nSPS) is 13.3. The van der Waals surface area contributed by atoms with E-state index in [0.29, 0.717) is 11.5 Å². The molecule has 1 N–H and O–H groups in total. The van der Waals surface area contributed by atoms with E-state index in [4.69, 9.17) is 18.9 Å². The Hall–Kier alpha value is -3.27. The molecule has 0 spiro atoms. The quantitative estimate of drug-likeness (QED) is 0.437. The zero-order chi connectivity index (χ0) is 21.6. The monoisotopic (exact) mass is 424 g/mol. The SMILES string of the molecule is COCCOC(=NCc1ccc2c(c1)OCO2)NC(=O)c1ccc(C(F)(F)F)cc1. The fourth-order valence-corrected chi connectivity index (χ4v) is 2.53. The van der Waals surface area contributed by atoms with Gasteiger partial charge in [-0.1, -0.05) is 6.07 Å². The number of amides is 1. The van der Waals surface area contributed by atoms with Crippen LogP contribution in [-0.2, 0) is 22.2 Å². The Morgan fingerprint density at radius 3 is 2.53 bits per heavy atom. The van der Waals surface area contributed by atoms with E-state index < -0.39 is 17.6 Å². The number of amidine groups is 1. The summed E-state index contributed by atoms with van der Waals surface area (Å²) in [7, 11) is 1.49. The van der Waals surface area contributed by atoms with Crippen molar-refractivity contribution in [3.63, 3.8) is 0 Å². The second kappa shape index (κ2) is 9.49. The summed E-state index contributed by atoms with van der Waals surface area (Å²) in [6, 6.07) is 9.08. The Balaban J connectivity index is 1.69. The molecule has 1 aliphatic rings. The molecule has 1 aliphatic heterocycles. The van der Waals surface area contributed by atoms with Crippen molar-refractivity contribution >= 4 is 11.9 Å². The number of benzene rings is 2. The summed E-state index contributed by atoms with van der Waals surface area (Å²) in [4.78, 5) is 16.6. The average Bonchev–Trinajstić information content (AvgIpc) is 3.19. The van der Waals surface area contributed by atoms with Gasteiger partial charge in [-0.2, -0.15) is 13.2 Å². The number of hydrogen-bond acceptors (Lipinski definition) is 6. The van der Waals surface area contributed by atoms with Crippen LogP contribution in [0, 0.1) is 0 Å². The number of fused-ring (bicyclic) bond motifs is 1. The maximum absolute atomic E-state index is 12.7. The van der Waals surface area contributed by atoms with Crippen LogP contribution in [0.2, 0.25) is 0 Å². The maximum atomic E-state index is 12.7. The molecule has 0 bridgehead atoms. The van der Waals surface area contributed by atoms with E-state index in [1.807, 2.05) is 0 Å². The summed E-state index contributed by atoms with van der Waals surface area (Å²) in [5.41, 5.74) is -0.0166. The average molecular weight is 424 g/mol. The number of carbonyl (C=O) groups excluding carboxylic acids is 1. The van der Waals surface area contributed by atoms with Gasteiger partial charge in [-0.15, -0.1) is 0 Å². The summed E-state index contributed by atoms with van der Waals surface area (Å²) in [6.45, 7) is 0.714. The fraction of sp³-hybridized carbons (Fsp3) is 0.300. The van der Waals surface area contributed by atoms with Gasteiger partial charge in [0, 0.05) is 12.7 Å². The molecule has 160 valence electrons. The van der Waals surface area contributed by atoms with Crippen LogP contribution in [0.3, 0.4) is 0 Å². The Kier molecular flexibility index (Phi) is 6.78. The minimum Gasteiger partial charge on any atom is -0.463 e. The van der Waals surface area contributed by atoms with E-state index in [1.54, 1.807) is 18.2 Å². The largest absolute Gasteiger partial charge is 0.463 e. The highest BCUT2D eigenvalue weighted by molar-refractivity contribution is 6.04. The van der Waals surface area contributed by atoms with Crippen molar-refractivity contribution in [3.05, 3.63) is 59.2 Å². The van der Waals surface area contributed by atoms with Crippen LogP contribution in [0.1, 0.15) is 21.5 Å². The molecular weight excluding hydrogens is 405 g/mol. The highest BCUT2D eigenvalue weighted by Crippen LogP contribution is 2.32. The van der Waals surface area contributed by atoms with Crippen LogP contribution in [0.25, 0.3) is 0 Å². The summed E-state index contributed by atoms with van der Waals surface area (Å²) >= 11 is 0. The third-order valence-corrected chi connectivity index (χ3v) is 4.06. The van der Waals surface area contributed by atoms with Crippen molar-refractivity contribution in [1.82, 2.24) is 5.32 Å². The minimum atomic E-state index is -4.48. The molecule has 0 aromatic heterocycles. The molecule has 0 unspecified atom stereocenters. The Morgan fingerprint density at radius 2 is 1.83 bits per heavy atom. The van der Waals surface area contributed by atoms with Gasteiger partial charge >= 0.3 is 6.18 Å². The molecule has 0 aliphatic carbocycles. The van der Waals surface area contributed by atoms with E-state index in [9.17, 15) is 18.0 Å². The molecule has 7 nitrogen and oxygen atoms in total. The maximum Gasteiger partial charge on any atom is 0.416 e. The Morgan fingerprint density at radius 1 is 1.10 bits per heavy atom. The van der Waals surface area contributed by atoms with Gasteiger partial charge < -0.3 is 18.9 Å². The molecule has 0 saturated carbocycles. The zero-order valence-electron chi connectivity index (χ0n) is 16.0. The number of alkyl halides is 3. The summed E-state index contributed by atoms with van der Waals surface area (Å²) in [6.07, 6.45) is -4.48. The number of nitrogens with zero attached hydrogens (tertiary/aromatic N) is 1. The molecule has 3 rings (SSSR count). The lowest BCUT2D eigenvalue weighted by Crippen LogP contribution is -2.33. The lowest BCUT2D eigenvalue weighted by molar-refractivity contribution is -0.137. The second-order valence-electron chi connectivity index (χ2n) is 6.18. The van der Waals surface area contributed by atoms with Gasteiger partial charge in [0.2, 0.25) is 6.79 Å². The number of nitrogens with one attached hydrogen (secondary N) is 1. The van der Waals surface area contributed by atoms with Crippen LogP contribution >= 0.6 is 0 Å². The highest BCUT2D eigenvalue weighted by Gasteiger charge is 2.30. The third kappa shape index (κ3) is 5.63. The van der Waals surface area contributed by atoms with Gasteiger partial charge in [0.25, 0.3) is 11.9 Å². The number of methoxy groups -OCH3 is 1. The van der Waals surface area contributed by atoms with E-state index in [-0.39, 0.29) is 38.1 Å². The second-order valence-corrected chi connectivity index (χ2v) is 6.18. The number of carbonyl (C=O) groups is 1. The molecule has 0 atom stereocenters. The Labute approximate surface area is 170 Å². The molecule has 2 aromatic carbocycles. The van der Waals surface area contributed by atoms with Crippen LogP contribution in [0.5, 0.6) is 11.5 Å². The van der Waals surface area contributed by atoms with Crippen molar-refractivity contribution in [1.29, 1.82) is 0 Å². The van der Waals surface area contributed by atoms with E-state index in [1.165, 1.54) is 7.11 Å². The van der Waals surface area contributed by atoms with E-state index >= 15 is 0 Å². The number of aliphatic imine (C=N–C) groups is 1. The predicted molar refractivity (Wildman–Crippen MR) is 100 cm³/mol. The first-order valence-electron chi connectivity index (χ1n) is 8.90. The van der Waals surface area contributed by atoms with Crippen LogP contribution in [0.4, 0.5) is 13.2 Å². The van der Waals surface area contributed by atoms with Crippen molar-refractivity contribution in [3.8, 4) is 11.5 Å². The zero-order valence-corrected chi connectivity index (χ0v) is 16.0. The lowest BCUT2D eigenvalue weighted by Gasteiger charge is -2.11.